The first-order valence-corrected chi connectivity index (χ1v) is 5.31. The van der Waals surface area contributed by atoms with Crippen molar-refractivity contribution in [2.75, 3.05) is 13.2 Å². The van der Waals surface area contributed by atoms with E-state index in [1.165, 1.54) is 6.07 Å². The van der Waals surface area contributed by atoms with E-state index in [0.717, 1.165) is 6.42 Å². The average Bonchev–Trinajstić information content (AvgIpc) is 2.61. The molecule has 0 bridgehead atoms. The number of carbonyl (C=O) groups is 1. The second-order valence-corrected chi connectivity index (χ2v) is 3.77. The van der Waals surface area contributed by atoms with Crippen LogP contribution in [0, 0.1) is 0 Å². The van der Waals surface area contributed by atoms with Crippen LogP contribution in [0.25, 0.3) is 11.0 Å². The fraction of sp³-hybridized carbons (Fsp3) is 0.250. The molecule has 0 saturated heterocycles. The van der Waals surface area contributed by atoms with E-state index < -0.39 is 5.97 Å². The van der Waals surface area contributed by atoms with Gasteiger partial charge in [0, 0.05) is 12.5 Å². The first-order chi connectivity index (χ1) is 8.25. The smallest absolute Gasteiger partial charge is 0.371 e. The third-order valence-electron chi connectivity index (χ3n) is 2.62. The molecule has 2 aromatic rings. The minimum Gasteiger partial charge on any atom is -0.490 e. The Kier molecular flexibility index (Phi) is 2.18. The van der Waals surface area contributed by atoms with E-state index in [1.807, 2.05) is 0 Å². The van der Waals surface area contributed by atoms with Crippen molar-refractivity contribution in [2.24, 2.45) is 0 Å². The summed E-state index contributed by atoms with van der Waals surface area (Å²) in [6.45, 7) is 1.15. The zero-order chi connectivity index (χ0) is 11.8. The standard InChI is InChI=1S/C12H10O5/c13-12(14)10-6-7-8(17-10)2-3-9-11(7)16-5-1-4-15-9/h2-3,6H,1,4-5H2,(H,13,14). The number of benzene rings is 1. The molecule has 1 aliphatic heterocycles. The third-order valence-corrected chi connectivity index (χ3v) is 2.62. The predicted molar refractivity (Wildman–Crippen MR) is 58.8 cm³/mol. The zero-order valence-electron chi connectivity index (χ0n) is 8.93. The summed E-state index contributed by atoms with van der Waals surface area (Å²) in [6.07, 6.45) is 0.805. The van der Waals surface area contributed by atoms with Crippen molar-refractivity contribution in [3.05, 3.63) is 24.0 Å². The molecule has 0 unspecified atom stereocenters. The summed E-state index contributed by atoms with van der Waals surface area (Å²) in [5, 5.41) is 9.52. The number of furan rings is 1. The van der Waals surface area contributed by atoms with Crippen LogP contribution in [0.2, 0.25) is 0 Å². The highest BCUT2D eigenvalue weighted by atomic mass is 16.5. The van der Waals surface area contributed by atoms with Crippen LogP contribution in [0.1, 0.15) is 17.0 Å². The van der Waals surface area contributed by atoms with E-state index in [0.29, 0.717) is 35.7 Å². The van der Waals surface area contributed by atoms with Crippen LogP contribution in [0.15, 0.2) is 22.6 Å². The second kappa shape index (κ2) is 3.69. The first-order valence-electron chi connectivity index (χ1n) is 5.31. The summed E-state index contributed by atoms with van der Waals surface area (Å²) < 4.78 is 16.3. The molecule has 3 rings (SSSR count). The van der Waals surface area contributed by atoms with Crippen molar-refractivity contribution in [1.29, 1.82) is 0 Å². The summed E-state index contributed by atoms with van der Waals surface area (Å²) >= 11 is 0. The van der Waals surface area contributed by atoms with E-state index >= 15 is 0 Å². The molecule has 5 nitrogen and oxygen atoms in total. The summed E-state index contributed by atoms with van der Waals surface area (Å²) in [5.41, 5.74) is 0.492. The van der Waals surface area contributed by atoms with Gasteiger partial charge < -0.3 is 19.0 Å². The van der Waals surface area contributed by atoms with E-state index in [2.05, 4.69) is 0 Å². The number of rotatable bonds is 1. The molecule has 2 heterocycles. The van der Waals surface area contributed by atoms with Gasteiger partial charge in [-0.3, -0.25) is 0 Å². The summed E-state index contributed by atoms with van der Waals surface area (Å²) in [6, 6.07) is 4.89. The molecule has 1 aromatic heterocycles. The highest BCUT2D eigenvalue weighted by Crippen LogP contribution is 2.38. The van der Waals surface area contributed by atoms with Crippen molar-refractivity contribution in [3.8, 4) is 11.5 Å². The number of carboxylic acid groups (broad SMARTS) is 1. The van der Waals surface area contributed by atoms with E-state index in [-0.39, 0.29) is 5.76 Å². The molecular weight excluding hydrogens is 224 g/mol. The third kappa shape index (κ3) is 1.60. The Hall–Kier alpha value is -2.17. The molecular formula is C12H10O5. The summed E-state index contributed by atoms with van der Waals surface area (Å²) in [4.78, 5) is 10.8. The van der Waals surface area contributed by atoms with Gasteiger partial charge in [-0.05, 0) is 12.1 Å². The number of fused-ring (bicyclic) bond motifs is 3. The van der Waals surface area contributed by atoms with Gasteiger partial charge in [-0.2, -0.15) is 0 Å². The fourth-order valence-electron chi connectivity index (χ4n) is 1.85. The molecule has 0 aliphatic carbocycles. The van der Waals surface area contributed by atoms with Crippen LogP contribution in [-0.4, -0.2) is 24.3 Å². The Balaban J connectivity index is 2.22. The maximum absolute atomic E-state index is 10.8. The molecule has 0 spiro atoms. The van der Waals surface area contributed by atoms with Crippen molar-refractivity contribution >= 4 is 16.9 Å². The minimum atomic E-state index is -1.09. The molecule has 0 saturated carbocycles. The van der Waals surface area contributed by atoms with Gasteiger partial charge in [0.15, 0.2) is 11.5 Å². The minimum absolute atomic E-state index is 0.0961. The fourth-order valence-corrected chi connectivity index (χ4v) is 1.85. The van der Waals surface area contributed by atoms with Crippen molar-refractivity contribution in [3.63, 3.8) is 0 Å². The molecule has 0 radical (unpaired) electrons. The molecule has 1 N–H and O–H groups in total. The van der Waals surface area contributed by atoms with Crippen LogP contribution in [0.5, 0.6) is 11.5 Å². The topological polar surface area (TPSA) is 68.9 Å². The van der Waals surface area contributed by atoms with Crippen LogP contribution >= 0.6 is 0 Å². The monoisotopic (exact) mass is 234 g/mol. The van der Waals surface area contributed by atoms with Gasteiger partial charge in [-0.25, -0.2) is 4.79 Å². The lowest BCUT2D eigenvalue weighted by Crippen LogP contribution is -1.97. The van der Waals surface area contributed by atoms with E-state index in [1.54, 1.807) is 12.1 Å². The van der Waals surface area contributed by atoms with Gasteiger partial charge in [0.05, 0.1) is 18.6 Å². The number of ether oxygens (including phenoxy) is 2. The Morgan fingerprint density at radius 2 is 2.06 bits per heavy atom. The Labute approximate surface area is 96.5 Å². The lowest BCUT2D eigenvalue weighted by atomic mass is 10.2. The first kappa shape index (κ1) is 10.0. The van der Waals surface area contributed by atoms with Gasteiger partial charge in [0.2, 0.25) is 5.76 Å². The molecule has 0 fully saturated rings. The summed E-state index contributed by atoms with van der Waals surface area (Å²) in [5.74, 6) is 0.00901. The van der Waals surface area contributed by atoms with Crippen LogP contribution < -0.4 is 9.47 Å². The maximum atomic E-state index is 10.8. The normalized spacial score (nSPS) is 14.6. The van der Waals surface area contributed by atoms with Gasteiger partial charge >= 0.3 is 5.97 Å². The van der Waals surface area contributed by atoms with Crippen molar-refractivity contribution in [2.45, 2.75) is 6.42 Å². The number of aromatic carboxylic acids is 1. The highest BCUT2D eigenvalue weighted by molar-refractivity contribution is 5.95. The maximum Gasteiger partial charge on any atom is 0.371 e. The Morgan fingerprint density at radius 3 is 2.88 bits per heavy atom. The summed E-state index contributed by atoms with van der Waals surface area (Å²) in [7, 11) is 0. The molecule has 1 aromatic carbocycles. The molecule has 1 aliphatic rings. The van der Waals surface area contributed by atoms with Gasteiger partial charge in [-0.1, -0.05) is 0 Å². The van der Waals surface area contributed by atoms with Crippen LogP contribution in [0.4, 0.5) is 0 Å². The molecule has 0 atom stereocenters. The largest absolute Gasteiger partial charge is 0.490 e. The van der Waals surface area contributed by atoms with E-state index in [4.69, 9.17) is 19.0 Å². The van der Waals surface area contributed by atoms with Gasteiger partial charge in [-0.15, -0.1) is 0 Å². The molecule has 17 heavy (non-hydrogen) atoms. The average molecular weight is 234 g/mol. The van der Waals surface area contributed by atoms with Crippen molar-refractivity contribution < 1.29 is 23.8 Å². The van der Waals surface area contributed by atoms with Crippen LogP contribution in [-0.2, 0) is 0 Å². The predicted octanol–water partition coefficient (Wildman–Crippen LogP) is 2.29. The quantitative estimate of drug-likeness (QED) is 0.819. The van der Waals surface area contributed by atoms with Crippen molar-refractivity contribution in [1.82, 2.24) is 0 Å². The SMILES string of the molecule is O=C(O)c1cc2c3c(ccc2o1)OCCCO3. The molecule has 0 amide bonds. The van der Waals surface area contributed by atoms with Gasteiger partial charge in [0.1, 0.15) is 5.58 Å². The number of carboxylic acids is 1. The zero-order valence-corrected chi connectivity index (χ0v) is 8.93. The Morgan fingerprint density at radius 1 is 1.24 bits per heavy atom. The Bertz CT molecular complexity index is 584. The highest BCUT2D eigenvalue weighted by Gasteiger charge is 2.19. The lowest BCUT2D eigenvalue weighted by Gasteiger charge is -2.06. The van der Waals surface area contributed by atoms with E-state index in [9.17, 15) is 4.79 Å². The second-order valence-electron chi connectivity index (χ2n) is 3.77. The molecule has 88 valence electrons. The van der Waals surface area contributed by atoms with Gasteiger partial charge in [0.25, 0.3) is 0 Å². The lowest BCUT2D eigenvalue weighted by molar-refractivity contribution is 0.0665. The van der Waals surface area contributed by atoms with Crippen LogP contribution in [0.3, 0.4) is 0 Å². The number of hydrogen-bond acceptors (Lipinski definition) is 4. The number of hydrogen-bond donors (Lipinski definition) is 1. The molecule has 5 heteroatoms.